The molecule has 0 aliphatic heterocycles. The molecule has 0 aliphatic carbocycles. The number of aliphatic carboxylic acids is 1. The van der Waals surface area contributed by atoms with Gasteiger partial charge in [0, 0.05) is 19.8 Å². The van der Waals surface area contributed by atoms with E-state index in [-0.39, 0.29) is 44.6 Å². The fraction of sp³-hybridized carbons (Fsp3) is 0.885. The fourth-order valence-electron chi connectivity index (χ4n) is 2.72. The van der Waals surface area contributed by atoms with E-state index >= 15 is 0 Å². The molecule has 14 nitrogen and oxygen atoms in total. The van der Waals surface area contributed by atoms with E-state index in [1.54, 1.807) is 0 Å². The minimum Gasteiger partial charge on any atom is -0.481 e. The van der Waals surface area contributed by atoms with E-state index in [1.165, 1.54) is 6.92 Å². The molecular weight excluding hydrogens is 536 g/mol. The molecule has 0 unspecified atom stereocenters. The summed E-state index contributed by atoms with van der Waals surface area (Å²) in [4.78, 5) is 32.4. The maximum atomic E-state index is 11.4. The molecule has 0 saturated carbocycles. The summed E-state index contributed by atoms with van der Waals surface area (Å²) in [5.74, 6) is -1.53. The SMILES string of the molecule is CC(=O)OCCOCCOCCOCCOCCOCCOCCOCCOCCOC(=O)CCCCC(=O)O. The number of unbranched alkanes of at least 4 members (excludes halogenated alkanes) is 1. The van der Waals surface area contributed by atoms with Crippen molar-refractivity contribution in [1.29, 1.82) is 0 Å². The number of carbonyl (C=O) groups excluding carboxylic acids is 2. The number of hydrogen-bond acceptors (Lipinski definition) is 13. The molecule has 0 spiro atoms. The highest BCUT2D eigenvalue weighted by Crippen LogP contribution is 2.01. The van der Waals surface area contributed by atoms with Gasteiger partial charge in [0.05, 0.1) is 106 Å². The van der Waals surface area contributed by atoms with Crippen molar-refractivity contribution in [3.63, 3.8) is 0 Å². The van der Waals surface area contributed by atoms with Gasteiger partial charge in [0.25, 0.3) is 0 Å². The second kappa shape index (κ2) is 31.6. The number of hydrogen-bond donors (Lipinski definition) is 1. The molecule has 0 rings (SSSR count). The summed E-state index contributed by atoms with van der Waals surface area (Å²) in [5.41, 5.74) is 0. The van der Waals surface area contributed by atoms with Crippen LogP contribution >= 0.6 is 0 Å². The number of carbonyl (C=O) groups is 3. The molecule has 0 fully saturated rings. The molecule has 0 bridgehead atoms. The first-order valence-corrected chi connectivity index (χ1v) is 13.6. The van der Waals surface area contributed by atoms with Crippen LogP contribution in [0.25, 0.3) is 0 Å². The minimum atomic E-state index is -0.865. The van der Waals surface area contributed by atoms with Crippen LogP contribution in [0.3, 0.4) is 0 Å². The zero-order valence-electron chi connectivity index (χ0n) is 23.8. The summed E-state index contributed by atoms with van der Waals surface area (Å²) < 4.78 is 52.7. The van der Waals surface area contributed by atoms with Crippen molar-refractivity contribution in [2.75, 3.05) is 119 Å². The van der Waals surface area contributed by atoms with E-state index in [1.807, 2.05) is 0 Å². The molecule has 0 aromatic carbocycles. The summed E-state index contributed by atoms with van der Waals surface area (Å²) in [6.45, 7) is 8.72. The Morgan fingerprint density at radius 1 is 0.425 bits per heavy atom. The summed E-state index contributed by atoms with van der Waals surface area (Å²) in [6.07, 6.45) is 1.23. The standard InChI is InChI=1S/C26H48O14/c1-24(27)39-22-20-37-18-16-35-14-12-33-10-8-31-6-7-32-9-11-34-13-15-36-17-19-38-21-23-40-26(30)5-3-2-4-25(28)29/h2-23H2,1H3,(H,28,29). The quantitative estimate of drug-likeness (QED) is 0.0875. The van der Waals surface area contributed by atoms with E-state index in [2.05, 4.69) is 0 Å². The van der Waals surface area contributed by atoms with Crippen LogP contribution in [0.2, 0.25) is 0 Å². The van der Waals surface area contributed by atoms with E-state index in [4.69, 9.17) is 52.5 Å². The lowest BCUT2D eigenvalue weighted by Crippen LogP contribution is -2.15. The summed E-state index contributed by atoms with van der Waals surface area (Å²) in [6, 6.07) is 0. The molecule has 0 aromatic rings. The number of ether oxygens (including phenoxy) is 10. The van der Waals surface area contributed by atoms with Gasteiger partial charge in [-0.1, -0.05) is 0 Å². The first kappa shape index (κ1) is 38.1. The van der Waals surface area contributed by atoms with Crippen molar-refractivity contribution in [2.45, 2.75) is 32.6 Å². The molecule has 0 atom stereocenters. The predicted octanol–water partition coefficient (Wildman–Crippen LogP) is 0.871. The first-order valence-electron chi connectivity index (χ1n) is 13.6. The zero-order chi connectivity index (χ0) is 29.4. The van der Waals surface area contributed by atoms with Crippen LogP contribution in [-0.2, 0) is 61.8 Å². The van der Waals surface area contributed by atoms with Crippen LogP contribution < -0.4 is 0 Å². The maximum Gasteiger partial charge on any atom is 0.305 e. The third kappa shape index (κ3) is 34.1. The van der Waals surface area contributed by atoms with Crippen LogP contribution in [0.4, 0.5) is 0 Å². The summed E-state index contributed by atoms with van der Waals surface area (Å²) in [7, 11) is 0. The molecule has 0 amide bonds. The molecule has 0 aromatic heterocycles. The van der Waals surface area contributed by atoms with Gasteiger partial charge in [0.1, 0.15) is 13.2 Å². The van der Waals surface area contributed by atoms with E-state index < -0.39 is 5.97 Å². The second-order valence-electron chi connectivity index (χ2n) is 8.06. The summed E-state index contributed by atoms with van der Waals surface area (Å²) >= 11 is 0. The Kier molecular flexibility index (Phi) is 30.1. The van der Waals surface area contributed by atoms with Crippen molar-refractivity contribution in [3.05, 3.63) is 0 Å². The van der Waals surface area contributed by atoms with Gasteiger partial charge in [-0.3, -0.25) is 14.4 Å². The highest BCUT2D eigenvalue weighted by atomic mass is 16.6. The predicted molar refractivity (Wildman–Crippen MR) is 140 cm³/mol. The number of rotatable bonds is 32. The monoisotopic (exact) mass is 584 g/mol. The van der Waals surface area contributed by atoms with Gasteiger partial charge in [-0.25, -0.2) is 0 Å². The fourth-order valence-corrected chi connectivity index (χ4v) is 2.72. The van der Waals surface area contributed by atoms with Gasteiger partial charge in [-0.15, -0.1) is 0 Å². The van der Waals surface area contributed by atoms with Crippen molar-refractivity contribution in [1.82, 2.24) is 0 Å². The van der Waals surface area contributed by atoms with Crippen molar-refractivity contribution in [3.8, 4) is 0 Å². The van der Waals surface area contributed by atoms with Gasteiger partial charge in [0.15, 0.2) is 0 Å². The lowest BCUT2D eigenvalue weighted by molar-refractivity contribution is -0.146. The van der Waals surface area contributed by atoms with Gasteiger partial charge in [0.2, 0.25) is 0 Å². The van der Waals surface area contributed by atoms with Gasteiger partial charge in [-0.05, 0) is 12.8 Å². The Hall–Kier alpha value is -1.91. The van der Waals surface area contributed by atoms with E-state index in [9.17, 15) is 14.4 Å². The maximum absolute atomic E-state index is 11.4. The first-order chi connectivity index (χ1) is 19.5. The Morgan fingerprint density at radius 2 is 0.700 bits per heavy atom. The Morgan fingerprint density at radius 3 is 1.00 bits per heavy atom. The number of carboxylic acids is 1. The van der Waals surface area contributed by atoms with Crippen molar-refractivity contribution < 1.29 is 66.9 Å². The lowest BCUT2D eigenvalue weighted by Gasteiger charge is -2.09. The minimum absolute atomic E-state index is 0.0587. The second-order valence-corrected chi connectivity index (χ2v) is 8.06. The highest BCUT2D eigenvalue weighted by Gasteiger charge is 2.04. The summed E-state index contributed by atoms with van der Waals surface area (Å²) in [5, 5.41) is 8.53. The largest absolute Gasteiger partial charge is 0.481 e. The smallest absolute Gasteiger partial charge is 0.305 e. The van der Waals surface area contributed by atoms with E-state index in [0.29, 0.717) is 112 Å². The van der Waals surface area contributed by atoms with Crippen molar-refractivity contribution in [2.24, 2.45) is 0 Å². The average Bonchev–Trinajstić information content (AvgIpc) is 2.92. The molecule has 0 radical (unpaired) electrons. The average molecular weight is 585 g/mol. The molecular formula is C26H48O14. The Balaban J connectivity index is 3.10. The number of carboxylic acid groups (broad SMARTS) is 1. The molecule has 0 aliphatic rings. The third-order valence-electron chi connectivity index (χ3n) is 4.65. The molecule has 0 saturated heterocycles. The molecule has 14 heteroatoms. The molecule has 0 heterocycles. The normalized spacial score (nSPS) is 11.0. The van der Waals surface area contributed by atoms with Crippen LogP contribution in [0.5, 0.6) is 0 Å². The van der Waals surface area contributed by atoms with Crippen LogP contribution in [0.1, 0.15) is 32.6 Å². The van der Waals surface area contributed by atoms with Crippen LogP contribution in [0, 0.1) is 0 Å². The topological polar surface area (TPSA) is 164 Å². The third-order valence-corrected chi connectivity index (χ3v) is 4.65. The van der Waals surface area contributed by atoms with Gasteiger partial charge in [-0.2, -0.15) is 0 Å². The Bertz CT molecular complexity index is 590. The van der Waals surface area contributed by atoms with Crippen LogP contribution in [0.15, 0.2) is 0 Å². The van der Waals surface area contributed by atoms with Gasteiger partial charge < -0.3 is 52.5 Å². The van der Waals surface area contributed by atoms with Crippen molar-refractivity contribution >= 4 is 17.9 Å². The molecule has 236 valence electrons. The highest BCUT2D eigenvalue weighted by molar-refractivity contribution is 5.69. The lowest BCUT2D eigenvalue weighted by atomic mass is 10.2. The van der Waals surface area contributed by atoms with Crippen LogP contribution in [-0.4, -0.2) is 142 Å². The number of esters is 2. The molecule has 1 N–H and O–H groups in total. The molecule has 40 heavy (non-hydrogen) atoms. The van der Waals surface area contributed by atoms with E-state index in [0.717, 1.165) is 0 Å². The Labute approximate surface area is 236 Å². The van der Waals surface area contributed by atoms with Gasteiger partial charge >= 0.3 is 17.9 Å². The zero-order valence-corrected chi connectivity index (χ0v) is 23.8.